The van der Waals surface area contributed by atoms with Crippen molar-refractivity contribution < 1.29 is 27.1 Å². The van der Waals surface area contributed by atoms with Crippen molar-refractivity contribution in [2.45, 2.75) is 6.18 Å². The van der Waals surface area contributed by atoms with Gasteiger partial charge in [0.2, 0.25) is 0 Å². The Morgan fingerprint density at radius 1 is 1.38 bits per heavy atom. The number of esters is 1. The number of rotatable bonds is 2. The summed E-state index contributed by atoms with van der Waals surface area (Å²) in [5.41, 5.74) is 4.60. The molecule has 0 aliphatic rings. The maximum absolute atomic E-state index is 12.9. The Hall–Kier alpha value is -1.79. The monoisotopic (exact) mass is 237 g/mol. The van der Waals surface area contributed by atoms with Gasteiger partial charge in [-0.05, 0) is 18.2 Å². The summed E-state index contributed by atoms with van der Waals surface area (Å²) in [4.78, 5) is 11.0. The molecule has 0 unspecified atom stereocenters. The molecule has 0 spiro atoms. The molecule has 0 amide bonds. The molecule has 0 heterocycles. The van der Waals surface area contributed by atoms with Crippen molar-refractivity contribution in [1.82, 2.24) is 0 Å². The van der Waals surface area contributed by atoms with E-state index in [1.165, 1.54) is 0 Å². The first-order valence-corrected chi connectivity index (χ1v) is 4.08. The minimum atomic E-state index is -4.61. The maximum Gasteiger partial charge on any atom is 0.422 e. The van der Waals surface area contributed by atoms with E-state index in [-0.39, 0.29) is 11.3 Å². The highest BCUT2D eigenvalue weighted by molar-refractivity contribution is 5.89. The average Bonchev–Trinajstić information content (AvgIpc) is 2.17. The number of carbonyl (C=O) groups excluding carboxylic acids is 1. The van der Waals surface area contributed by atoms with Crippen LogP contribution in [0.5, 0.6) is 0 Å². The Labute approximate surface area is 87.8 Å². The topological polar surface area (TPSA) is 52.3 Å². The summed E-state index contributed by atoms with van der Waals surface area (Å²) in [6.07, 6.45) is -4.61. The molecule has 0 bridgehead atoms. The third kappa shape index (κ3) is 3.41. The molecule has 1 aromatic carbocycles. The maximum atomic E-state index is 12.9. The van der Waals surface area contributed by atoms with Crippen LogP contribution in [0.4, 0.5) is 23.2 Å². The van der Waals surface area contributed by atoms with E-state index < -0.39 is 24.6 Å². The molecule has 88 valence electrons. The van der Waals surface area contributed by atoms with E-state index in [1.54, 1.807) is 0 Å². The van der Waals surface area contributed by atoms with Gasteiger partial charge in [-0.15, -0.1) is 0 Å². The molecule has 0 aliphatic heterocycles. The minimum absolute atomic E-state index is 0.202. The van der Waals surface area contributed by atoms with Crippen LogP contribution >= 0.6 is 0 Å². The van der Waals surface area contributed by atoms with Gasteiger partial charge >= 0.3 is 12.1 Å². The van der Waals surface area contributed by atoms with Crippen LogP contribution in [0.1, 0.15) is 10.4 Å². The standard InChI is InChI=1S/C9H7F4NO2/c10-6-3-5(1-2-7(6)14)8(15)16-4-9(11,12)13/h1-3H,4,14H2. The van der Waals surface area contributed by atoms with Crippen molar-refractivity contribution >= 4 is 11.7 Å². The number of hydrogen-bond acceptors (Lipinski definition) is 3. The first-order valence-electron chi connectivity index (χ1n) is 4.08. The van der Waals surface area contributed by atoms with Crippen molar-refractivity contribution in [3.05, 3.63) is 29.6 Å². The molecule has 7 heteroatoms. The Balaban J connectivity index is 2.70. The lowest BCUT2D eigenvalue weighted by Gasteiger charge is -2.07. The Morgan fingerprint density at radius 2 is 2.00 bits per heavy atom. The molecule has 16 heavy (non-hydrogen) atoms. The lowest BCUT2D eigenvalue weighted by molar-refractivity contribution is -0.161. The number of carbonyl (C=O) groups is 1. The Bertz CT molecular complexity index is 403. The van der Waals surface area contributed by atoms with Crippen LogP contribution in [-0.2, 0) is 4.74 Å². The van der Waals surface area contributed by atoms with Gasteiger partial charge in [-0.2, -0.15) is 13.2 Å². The van der Waals surface area contributed by atoms with Crippen LogP contribution in [0.3, 0.4) is 0 Å². The lowest BCUT2D eigenvalue weighted by Crippen LogP contribution is -2.20. The Morgan fingerprint density at radius 3 is 2.50 bits per heavy atom. The van der Waals surface area contributed by atoms with E-state index >= 15 is 0 Å². The summed E-state index contributed by atoms with van der Waals surface area (Å²) in [6, 6.07) is 2.87. The lowest BCUT2D eigenvalue weighted by atomic mass is 10.2. The van der Waals surface area contributed by atoms with Crippen LogP contribution in [0.25, 0.3) is 0 Å². The SMILES string of the molecule is Nc1ccc(C(=O)OCC(F)(F)F)cc1F. The zero-order valence-corrected chi connectivity index (χ0v) is 7.84. The van der Waals surface area contributed by atoms with Gasteiger partial charge in [0.1, 0.15) is 5.82 Å². The van der Waals surface area contributed by atoms with Gasteiger partial charge < -0.3 is 10.5 Å². The smallest absolute Gasteiger partial charge is 0.422 e. The van der Waals surface area contributed by atoms with Gasteiger partial charge in [0.05, 0.1) is 11.3 Å². The van der Waals surface area contributed by atoms with Crippen LogP contribution in [-0.4, -0.2) is 18.8 Å². The molecule has 1 aromatic rings. The molecule has 0 radical (unpaired) electrons. The second-order valence-corrected chi connectivity index (χ2v) is 2.93. The number of benzene rings is 1. The number of ether oxygens (including phenoxy) is 1. The third-order valence-corrected chi connectivity index (χ3v) is 1.60. The minimum Gasteiger partial charge on any atom is -0.452 e. The number of hydrogen-bond donors (Lipinski definition) is 1. The van der Waals surface area contributed by atoms with Gasteiger partial charge in [-0.25, -0.2) is 9.18 Å². The largest absolute Gasteiger partial charge is 0.452 e. The normalized spacial score (nSPS) is 11.2. The second kappa shape index (κ2) is 4.38. The molecule has 1 rings (SSSR count). The zero-order chi connectivity index (χ0) is 12.3. The highest BCUT2D eigenvalue weighted by Crippen LogP contribution is 2.17. The molecule has 0 fully saturated rings. The predicted molar refractivity (Wildman–Crippen MR) is 47.1 cm³/mol. The fourth-order valence-electron chi connectivity index (χ4n) is 0.885. The second-order valence-electron chi connectivity index (χ2n) is 2.93. The Kier molecular flexibility index (Phi) is 3.36. The van der Waals surface area contributed by atoms with Crippen LogP contribution in [0.2, 0.25) is 0 Å². The van der Waals surface area contributed by atoms with Crippen molar-refractivity contribution in [2.24, 2.45) is 0 Å². The summed E-state index contributed by atoms with van der Waals surface area (Å²) in [5.74, 6) is -2.14. The zero-order valence-electron chi connectivity index (χ0n) is 7.84. The summed E-state index contributed by atoms with van der Waals surface area (Å²) in [5, 5.41) is 0. The van der Waals surface area contributed by atoms with Gasteiger partial charge in [0.15, 0.2) is 6.61 Å². The molecule has 0 aromatic heterocycles. The third-order valence-electron chi connectivity index (χ3n) is 1.60. The van der Waals surface area contributed by atoms with Gasteiger partial charge in [0.25, 0.3) is 0 Å². The molecule has 0 saturated carbocycles. The van der Waals surface area contributed by atoms with Crippen molar-refractivity contribution in [3.8, 4) is 0 Å². The van der Waals surface area contributed by atoms with Crippen molar-refractivity contribution in [1.29, 1.82) is 0 Å². The fourth-order valence-corrected chi connectivity index (χ4v) is 0.885. The summed E-state index contributed by atoms with van der Waals surface area (Å²) in [6.45, 7) is -1.71. The van der Waals surface area contributed by atoms with Crippen LogP contribution in [0.15, 0.2) is 18.2 Å². The molecule has 0 atom stereocenters. The van der Waals surface area contributed by atoms with Crippen LogP contribution < -0.4 is 5.73 Å². The number of halogens is 4. The first-order chi connectivity index (χ1) is 7.29. The molecular formula is C9H7F4NO2. The van der Waals surface area contributed by atoms with E-state index in [4.69, 9.17) is 5.73 Å². The van der Waals surface area contributed by atoms with Gasteiger partial charge in [0, 0.05) is 0 Å². The molecule has 0 aliphatic carbocycles. The molecule has 3 nitrogen and oxygen atoms in total. The van der Waals surface area contributed by atoms with E-state index in [0.29, 0.717) is 6.07 Å². The summed E-state index contributed by atoms with van der Waals surface area (Å²) < 4.78 is 51.9. The van der Waals surface area contributed by atoms with Crippen molar-refractivity contribution in [3.63, 3.8) is 0 Å². The number of anilines is 1. The van der Waals surface area contributed by atoms with Gasteiger partial charge in [-0.1, -0.05) is 0 Å². The van der Waals surface area contributed by atoms with E-state index in [1.807, 2.05) is 0 Å². The number of nitrogens with two attached hydrogens (primary N) is 1. The molecule has 0 saturated heterocycles. The van der Waals surface area contributed by atoms with Gasteiger partial charge in [-0.3, -0.25) is 0 Å². The predicted octanol–water partition coefficient (Wildman–Crippen LogP) is 2.13. The van der Waals surface area contributed by atoms with E-state index in [9.17, 15) is 22.4 Å². The van der Waals surface area contributed by atoms with E-state index in [2.05, 4.69) is 4.74 Å². The summed E-state index contributed by atoms with van der Waals surface area (Å²) in [7, 11) is 0. The molecule has 2 N–H and O–H groups in total. The molecular weight excluding hydrogens is 230 g/mol. The number of nitrogen functional groups attached to an aromatic ring is 1. The van der Waals surface area contributed by atoms with E-state index in [0.717, 1.165) is 12.1 Å². The summed E-state index contributed by atoms with van der Waals surface area (Å²) >= 11 is 0. The van der Waals surface area contributed by atoms with Crippen LogP contribution in [0, 0.1) is 5.82 Å². The first kappa shape index (κ1) is 12.3. The quantitative estimate of drug-likeness (QED) is 0.487. The number of alkyl halides is 3. The average molecular weight is 237 g/mol. The highest BCUT2D eigenvalue weighted by Gasteiger charge is 2.29. The highest BCUT2D eigenvalue weighted by atomic mass is 19.4. The van der Waals surface area contributed by atoms with Crippen molar-refractivity contribution in [2.75, 3.05) is 12.3 Å². The fraction of sp³-hybridized carbons (Fsp3) is 0.222.